The summed E-state index contributed by atoms with van der Waals surface area (Å²) in [6, 6.07) is 64.7. The molecule has 9 N–H and O–H groups in total. The lowest BCUT2D eigenvalue weighted by molar-refractivity contribution is -0.220. The van der Waals surface area contributed by atoms with Crippen LogP contribution in [0, 0.1) is 0 Å². The van der Waals surface area contributed by atoms with Gasteiger partial charge in [-0.1, -0.05) is 272 Å². The Balaban J connectivity index is 0.000000163. The lowest BCUT2D eigenvalue weighted by atomic mass is 9.87. The number of hydroxylamine groups is 4. The van der Waals surface area contributed by atoms with Crippen LogP contribution >= 0.6 is 0 Å². The first-order valence-corrected chi connectivity index (χ1v) is 55.0. The molecule has 10 aromatic carbocycles. The van der Waals surface area contributed by atoms with Gasteiger partial charge < -0.3 is 49.8 Å². The number of rotatable bonds is 25. The lowest BCUT2D eigenvalue weighted by Gasteiger charge is -2.44. The third-order valence-corrected chi connectivity index (χ3v) is 37.3. The van der Waals surface area contributed by atoms with Crippen LogP contribution in [0.2, 0.25) is 0 Å². The van der Waals surface area contributed by atoms with Crippen LogP contribution in [-0.2, 0) is 54.0 Å². The van der Waals surface area contributed by atoms with E-state index in [1.165, 1.54) is 38.5 Å². The van der Waals surface area contributed by atoms with Crippen LogP contribution in [0.25, 0.3) is 0 Å². The van der Waals surface area contributed by atoms with Gasteiger partial charge in [0.15, 0.2) is 83.7 Å². The Morgan fingerprint density at radius 2 is 0.630 bits per heavy atom. The van der Waals surface area contributed by atoms with Gasteiger partial charge in [0.1, 0.15) is 11.5 Å². The van der Waals surface area contributed by atoms with E-state index in [9.17, 15) is 72.8 Å². The molecule has 0 amide bonds. The number of hydrogen-bond acceptors (Lipinski definition) is 25. The number of hydrogen-bond donors (Lipinski definition) is 9. The standard InChI is InChI=1S/C24H33NO5S.C21H27NO5S.C21H27NO3S.C20H25NO4S.C19H23NO3S/c1-6-8-14-24(7-2)17-31(26,27)22-16-21(29-4)20(28-3)15-19(22)23(25(24)30-5)18-12-10-9-11-13-18;1-3-5-11-21(4-2)14-28(26,27)19-13-18(24)17(23)12-16(19)20(22(21)25)15-9-7-6-8-10-15;1-3-12-21(13-4-2)15-26(24,25)19-14-17(23)10-11-18(19)20(22-21)16-8-6-5-7-9-16;1-4-20(5-2)13-26(23,24)18-12-16(22)17(25-3)11-15(18)19(21-20)14-9-7-6-8-10-14;1-3-19(4-2)13-24(22,23)17-12-15(21)10-11-16(17)18(20-19)14-8-6-5-7-9-14/h9-13,15-16,23H,6-8,14,17H2,1-5H3;6-10,12-13,20,23-25H,3-5,11,14H2,1-2H3;5-11,14,20,22-23H,3-4,12-13,15H2,1-2H3;6-12,19,21-22H,4-5,13H2,1-3H3;5-12,18,20-21H,3-4,13H2,1-2H3/t23-,24-;20-,21-;;;/m11.../s1. The molecule has 135 heavy (non-hydrogen) atoms. The van der Waals surface area contributed by atoms with Gasteiger partial charge in [-0.15, -0.1) is 0 Å². The monoisotopic (exact) mass is 1950 g/mol. The van der Waals surface area contributed by atoms with Crippen molar-refractivity contribution in [3.63, 3.8) is 0 Å². The molecule has 0 bridgehead atoms. The molecule has 7 atom stereocenters. The van der Waals surface area contributed by atoms with E-state index in [1.807, 2.05) is 205 Å². The molecule has 5 aliphatic heterocycles. The van der Waals surface area contributed by atoms with E-state index in [0.29, 0.717) is 84.3 Å². The molecule has 0 saturated heterocycles. The van der Waals surface area contributed by atoms with Crippen molar-refractivity contribution in [1.82, 2.24) is 26.1 Å². The van der Waals surface area contributed by atoms with Crippen LogP contribution in [0.15, 0.2) is 249 Å². The topological polar surface area (TPSA) is 372 Å². The van der Waals surface area contributed by atoms with Crippen molar-refractivity contribution in [2.24, 2.45) is 0 Å². The van der Waals surface area contributed by atoms with Gasteiger partial charge in [-0.2, -0.15) is 10.1 Å². The number of phenolic OH excluding ortho intramolecular Hbond substituents is 5. The molecule has 0 aliphatic carbocycles. The van der Waals surface area contributed by atoms with E-state index in [1.54, 1.807) is 56.7 Å². The third kappa shape index (κ3) is 23.1. The van der Waals surface area contributed by atoms with Crippen molar-refractivity contribution in [3.8, 4) is 46.0 Å². The normalized spacial score (nSPS) is 22.3. The molecule has 730 valence electrons. The molecule has 5 heterocycles. The first-order valence-electron chi connectivity index (χ1n) is 46.7. The number of nitrogens with one attached hydrogen (secondary N) is 3. The fraction of sp³-hybridized carbons (Fsp3) is 0.429. The average molecular weight is 1950 g/mol. The van der Waals surface area contributed by atoms with Crippen LogP contribution in [0.3, 0.4) is 0 Å². The lowest BCUT2D eigenvalue weighted by Crippen LogP contribution is -2.52. The van der Waals surface area contributed by atoms with Gasteiger partial charge in [-0.25, -0.2) is 42.1 Å². The number of nitrogens with zero attached hydrogens (tertiary/aromatic N) is 2. The van der Waals surface area contributed by atoms with E-state index >= 15 is 0 Å². The van der Waals surface area contributed by atoms with Crippen LogP contribution in [0.1, 0.15) is 258 Å². The zero-order valence-corrected chi connectivity index (χ0v) is 84.0. The fourth-order valence-corrected chi connectivity index (χ4v) is 30.8. The number of methoxy groups -OCH3 is 3. The number of sulfone groups is 5. The van der Waals surface area contributed by atoms with Crippen molar-refractivity contribution < 1.29 is 91.9 Å². The summed E-state index contributed by atoms with van der Waals surface area (Å²) >= 11 is 0. The Labute approximate surface area is 799 Å². The molecule has 0 aromatic heterocycles. The van der Waals surface area contributed by atoms with Crippen molar-refractivity contribution in [1.29, 1.82) is 0 Å². The number of ether oxygens (including phenoxy) is 3. The summed E-state index contributed by atoms with van der Waals surface area (Å²) in [6.45, 7) is 20.3. The van der Waals surface area contributed by atoms with E-state index in [0.717, 1.165) is 91.2 Å². The van der Waals surface area contributed by atoms with Crippen molar-refractivity contribution in [2.75, 3.05) is 57.2 Å². The van der Waals surface area contributed by atoms with Gasteiger partial charge in [0.2, 0.25) is 0 Å². The Morgan fingerprint density at radius 1 is 0.311 bits per heavy atom. The fourth-order valence-electron chi connectivity index (χ4n) is 20.0. The molecule has 0 radical (unpaired) electrons. The van der Waals surface area contributed by atoms with Crippen molar-refractivity contribution in [2.45, 2.75) is 254 Å². The highest BCUT2D eigenvalue weighted by atomic mass is 32.2. The summed E-state index contributed by atoms with van der Waals surface area (Å²) in [5.41, 5.74) is 4.47. The van der Waals surface area contributed by atoms with Gasteiger partial charge in [-0.05, 0) is 162 Å². The first-order chi connectivity index (χ1) is 64.3. The summed E-state index contributed by atoms with van der Waals surface area (Å²) < 4.78 is 149. The van der Waals surface area contributed by atoms with Crippen molar-refractivity contribution >= 4 is 49.2 Å². The predicted octanol–water partition coefficient (Wildman–Crippen LogP) is 19.8. The number of aromatic hydroxyl groups is 5. The molecular weight excluding hydrogens is 1810 g/mol. The maximum atomic E-state index is 13.8. The van der Waals surface area contributed by atoms with Crippen LogP contribution in [-0.4, -0.2) is 168 Å². The second kappa shape index (κ2) is 44.7. The third-order valence-electron chi connectivity index (χ3n) is 27.5. The minimum absolute atomic E-state index is 0.00486. The molecule has 0 saturated carbocycles. The molecule has 15 rings (SSSR count). The van der Waals surface area contributed by atoms with E-state index in [-0.39, 0.29) is 99.9 Å². The maximum Gasteiger partial charge on any atom is 0.180 e. The van der Waals surface area contributed by atoms with E-state index < -0.39 is 100 Å². The summed E-state index contributed by atoms with van der Waals surface area (Å²) in [7, 11) is -11.9. The minimum atomic E-state index is -3.81. The summed E-state index contributed by atoms with van der Waals surface area (Å²) in [5, 5.41) is 75.4. The first kappa shape index (κ1) is 106. The highest BCUT2D eigenvalue weighted by Gasteiger charge is 2.52. The molecule has 0 spiro atoms. The maximum absolute atomic E-state index is 13.8. The zero-order chi connectivity index (χ0) is 98.3. The Kier molecular flexibility index (Phi) is 34.9. The quantitative estimate of drug-likeness (QED) is 0.0240. The molecule has 30 heteroatoms. The SMILES string of the molecule is CCC1(CC)CS(=O)(=O)c2cc(O)c(OC)cc2C(c2ccccc2)N1.CCC1(CC)CS(=O)(=O)c2cc(O)ccc2C(c2ccccc2)N1.CCCC1(CCC)CS(=O)(=O)c2cc(O)ccc2C(c2ccccc2)N1.CCCC[C@]1(CC)CS(=O)(=O)c2cc(O)c(O)cc2[C@@H](c2ccccc2)N1O.CCCC[C@]1(CC)CS(=O)(=O)c2cc(OC)c(OC)cc2[C@@H](c2ccccc2)N1OC. The number of phenols is 5. The summed E-state index contributed by atoms with van der Waals surface area (Å²) in [4.78, 5) is 6.88. The van der Waals surface area contributed by atoms with E-state index in [2.05, 4.69) is 36.7 Å². The van der Waals surface area contributed by atoms with E-state index in [4.69, 9.17) is 19.0 Å². The number of unbranched alkanes of at least 4 members (excludes halogenated alkanes) is 2. The average Bonchev–Trinajstić information content (AvgIpc) is 1.58. The molecule has 3 unspecified atom stereocenters. The number of fused-ring (bicyclic) bond motifs is 5. The summed E-state index contributed by atoms with van der Waals surface area (Å²) in [5.74, 6) is -0.139. The van der Waals surface area contributed by atoms with Crippen LogP contribution < -0.4 is 30.2 Å². The zero-order valence-electron chi connectivity index (χ0n) is 79.9. The molecule has 10 aromatic rings. The predicted molar refractivity (Wildman–Crippen MR) is 528 cm³/mol. The van der Waals surface area contributed by atoms with Gasteiger partial charge in [0, 0.05) is 34.8 Å². The largest absolute Gasteiger partial charge is 0.508 e. The molecule has 0 fully saturated rings. The summed E-state index contributed by atoms with van der Waals surface area (Å²) in [6.07, 6.45) is 12.1. The highest BCUT2D eigenvalue weighted by molar-refractivity contribution is 7.92. The minimum Gasteiger partial charge on any atom is -0.508 e. The van der Waals surface area contributed by atoms with Crippen molar-refractivity contribution in [3.05, 3.63) is 280 Å². The van der Waals surface area contributed by atoms with Gasteiger partial charge in [-0.3, -0.25) is 16.0 Å². The van der Waals surface area contributed by atoms with Gasteiger partial charge in [0.25, 0.3) is 0 Å². The second-order valence-electron chi connectivity index (χ2n) is 36.0. The molecular formula is C105H135N5O20S5. The number of benzene rings is 10. The molecule has 5 aliphatic rings. The second-order valence-corrected chi connectivity index (χ2v) is 45.8. The highest BCUT2D eigenvalue weighted by Crippen LogP contribution is 2.52. The Morgan fingerprint density at radius 3 is 1.02 bits per heavy atom. The van der Waals surface area contributed by atoms with Crippen LogP contribution in [0.5, 0.6) is 46.0 Å². The van der Waals surface area contributed by atoms with Gasteiger partial charge >= 0.3 is 0 Å². The van der Waals surface area contributed by atoms with Gasteiger partial charge in [0.05, 0.1) is 123 Å². The Hall–Kier alpha value is -9.93. The van der Waals surface area contributed by atoms with Crippen LogP contribution in [0.4, 0.5) is 0 Å². The Bertz CT molecular complexity index is 6280. The molecule has 25 nitrogen and oxygen atoms in total. The smallest absolute Gasteiger partial charge is 0.180 e.